The average Bonchev–Trinajstić information content (AvgIpc) is 2.89. The summed E-state index contributed by atoms with van der Waals surface area (Å²) in [6, 6.07) is 0.906. The summed E-state index contributed by atoms with van der Waals surface area (Å²) in [5, 5.41) is 3.55. The van der Waals surface area contributed by atoms with E-state index in [2.05, 4.69) is 22.2 Å². The second-order valence-corrected chi connectivity index (χ2v) is 9.04. The summed E-state index contributed by atoms with van der Waals surface area (Å²) in [4.78, 5) is 5.48. The molecular weight excluding hydrogens is 270 g/mol. The molecule has 0 amide bonds. The van der Waals surface area contributed by atoms with Crippen molar-refractivity contribution in [3.05, 3.63) is 0 Å². The summed E-state index contributed by atoms with van der Waals surface area (Å²) in [7, 11) is 2.31. The van der Waals surface area contributed by atoms with Crippen LogP contribution in [0.1, 0.15) is 57.8 Å². The second kappa shape index (κ2) is 6.07. The normalized spacial score (nSPS) is 38.0. The lowest BCUT2D eigenvalue weighted by Gasteiger charge is -2.49. The van der Waals surface area contributed by atoms with Crippen LogP contribution in [0.3, 0.4) is 0 Å². The third-order valence-electron chi connectivity index (χ3n) is 7.52. The first-order valence-corrected chi connectivity index (χ1v) is 9.82. The number of piperidine rings is 2. The van der Waals surface area contributed by atoms with E-state index < -0.39 is 0 Å². The van der Waals surface area contributed by atoms with Crippen molar-refractivity contribution in [2.75, 3.05) is 46.3 Å². The van der Waals surface area contributed by atoms with E-state index in [-0.39, 0.29) is 0 Å². The van der Waals surface area contributed by atoms with Gasteiger partial charge in [0.25, 0.3) is 0 Å². The maximum atomic E-state index is 3.55. The Labute approximate surface area is 136 Å². The molecule has 0 aromatic rings. The fourth-order valence-electron chi connectivity index (χ4n) is 6.09. The molecule has 22 heavy (non-hydrogen) atoms. The highest BCUT2D eigenvalue weighted by molar-refractivity contribution is 4.98. The third-order valence-corrected chi connectivity index (χ3v) is 7.52. The first-order chi connectivity index (χ1) is 10.7. The predicted molar refractivity (Wildman–Crippen MR) is 92.1 cm³/mol. The van der Waals surface area contributed by atoms with Crippen molar-refractivity contribution in [1.29, 1.82) is 0 Å². The van der Waals surface area contributed by atoms with Crippen LogP contribution in [0.25, 0.3) is 0 Å². The SMILES string of the molecule is CN1CC[C@@]2(CCCN(C3CCC4(CCNCC4)CC3)C2)C1. The maximum absolute atomic E-state index is 3.55. The van der Waals surface area contributed by atoms with Gasteiger partial charge >= 0.3 is 0 Å². The fourth-order valence-corrected chi connectivity index (χ4v) is 6.09. The zero-order valence-corrected chi connectivity index (χ0v) is 14.6. The summed E-state index contributed by atoms with van der Waals surface area (Å²) in [5.41, 5.74) is 1.37. The Morgan fingerprint density at radius 3 is 2.27 bits per heavy atom. The van der Waals surface area contributed by atoms with Gasteiger partial charge in [-0.05, 0) is 102 Å². The number of hydrogen-bond donors (Lipinski definition) is 1. The minimum Gasteiger partial charge on any atom is -0.317 e. The summed E-state index contributed by atoms with van der Waals surface area (Å²) < 4.78 is 0. The standard InChI is InChI=1S/C19H35N3/c1-21-14-10-19(15-21)5-2-13-22(16-19)17-3-6-18(7-4-17)8-11-20-12-9-18/h17,20H,2-16H2,1H3/t19-/m0/s1. The van der Waals surface area contributed by atoms with Crippen LogP contribution >= 0.6 is 0 Å². The summed E-state index contributed by atoms with van der Waals surface area (Å²) in [5.74, 6) is 0. The van der Waals surface area contributed by atoms with Gasteiger partial charge in [0, 0.05) is 19.1 Å². The smallest absolute Gasteiger partial charge is 0.00959 e. The zero-order valence-electron chi connectivity index (χ0n) is 14.6. The second-order valence-electron chi connectivity index (χ2n) is 9.04. The quantitative estimate of drug-likeness (QED) is 0.803. The molecule has 2 spiro atoms. The fraction of sp³-hybridized carbons (Fsp3) is 1.00. The van der Waals surface area contributed by atoms with Gasteiger partial charge in [-0.15, -0.1) is 0 Å². The first-order valence-electron chi connectivity index (χ1n) is 9.82. The van der Waals surface area contributed by atoms with Crippen LogP contribution < -0.4 is 5.32 Å². The number of nitrogens with zero attached hydrogens (tertiary/aromatic N) is 2. The lowest BCUT2D eigenvalue weighted by molar-refractivity contribution is 0.0166. The Balaban J connectivity index is 1.35. The van der Waals surface area contributed by atoms with Crippen molar-refractivity contribution in [2.24, 2.45) is 10.8 Å². The van der Waals surface area contributed by atoms with Crippen molar-refractivity contribution in [3.8, 4) is 0 Å². The molecule has 4 rings (SSSR count). The minimum absolute atomic E-state index is 0.650. The van der Waals surface area contributed by atoms with E-state index in [0.29, 0.717) is 5.41 Å². The van der Waals surface area contributed by atoms with Crippen LogP contribution in [0.2, 0.25) is 0 Å². The van der Waals surface area contributed by atoms with Crippen molar-refractivity contribution >= 4 is 0 Å². The molecular formula is C19H35N3. The molecule has 4 fully saturated rings. The lowest BCUT2D eigenvalue weighted by Crippen LogP contribution is -2.51. The van der Waals surface area contributed by atoms with E-state index >= 15 is 0 Å². The lowest BCUT2D eigenvalue weighted by atomic mass is 9.66. The molecule has 3 nitrogen and oxygen atoms in total. The largest absolute Gasteiger partial charge is 0.317 e. The Hall–Kier alpha value is -0.120. The van der Waals surface area contributed by atoms with Gasteiger partial charge in [0.05, 0.1) is 0 Å². The molecule has 1 saturated carbocycles. The number of nitrogens with one attached hydrogen (secondary N) is 1. The zero-order chi connectivity index (χ0) is 15.0. The monoisotopic (exact) mass is 305 g/mol. The summed E-state index contributed by atoms with van der Waals surface area (Å²) in [6.07, 6.45) is 13.2. The van der Waals surface area contributed by atoms with Gasteiger partial charge in [-0.25, -0.2) is 0 Å². The molecule has 0 radical (unpaired) electrons. The van der Waals surface area contributed by atoms with E-state index in [4.69, 9.17) is 0 Å². The highest BCUT2D eigenvalue weighted by Gasteiger charge is 2.43. The Morgan fingerprint density at radius 1 is 0.818 bits per heavy atom. The average molecular weight is 306 g/mol. The molecule has 0 aromatic carbocycles. The van der Waals surface area contributed by atoms with Crippen LogP contribution in [-0.2, 0) is 0 Å². The molecule has 126 valence electrons. The molecule has 3 heterocycles. The van der Waals surface area contributed by atoms with Gasteiger partial charge in [0.2, 0.25) is 0 Å². The van der Waals surface area contributed by atoms with Gasteiger partial charge in [-0.1, -0.05) is 0 Å². The van der Waals surface area contributed by atoms with Crippen molar-refractivity contribution in [3.63, 3.8) is 0 Å². The highest BCUT2D eigenvalue weighted by Crippen LogP contribution is 2.46. The number of rotatable bonds is 1. The van der Waals surface area contributed by atoms with Crippen LogP contribution in [-0.4, -0.2) is 62.2 Å². The molecule has 3 aliphatic heterocycles. The Kier molecular flexibility index (Phi) is 4.25. The van der Waals surface area contributed by atoms with Crippen molar-refractivity contribution in [2.45, 2.75) is 63.8 Å². The molecule has 0 aromatic heterocycles. The van der Waals surface area contributed by atoms with E-state index in [0.717, 1.165) is 11.5 Å². The van der Waals surface area contributed by atoms with E-state index in [1.807, 2.05) is 0 Å². The van der Waals surface area contributed by atoms with Gasteiger partial charge in [-0.3, -0.25) is 4.90 Å². The number of likely N-dealkylation sites (tertiary alicyclic amines) is 2. The molecule has 0 bridgehead atoms. The topological polar surface area (TPSA) is 18.5 Å². The van der Waals surface area contributed by atoms with E-state index in [9.17, 15) is 0 Å². The predicted octanol–water partition coefficient (Wildman–Crippen LogP) is 2.72. The van der Waals surface area contributed by atoms with Crippen LogP contribution in [0, 0.1) is 10.8 Å². The van der Waals surface area contributed by atoms with Gasteiger partial charge < -0.3 is 10.2 Å². The molecule has 3 saturated heterocycles. The molecule has 3 heteroatoms. The molecule has 1 aliphatic carbocycles. The Bertz CT molecular complexity index is 376. The van der Waals surface area contributed by atoms with Crippen molar-refractivity contribution in [1.82, 2.24) is 15.1 Å². The minimum atomic E-state index is 0.650. The molecule has 1 N–H and O–H groups in total. The van der Waals surface area contributed by atoms with Gasteiger partial charge in [0.1, 0.15) is 0 Å². The Morgan fingerprint density at radius 2 is 1.59 bits per heavy atom. The first kappa shape index (κ1) is 15.4. The third kappa shape index (κ3) is 2.97. The van der Waals surface area contributed by atoms with Gasteiger partial charge in [-0.2, -0.15) is 0 Å². The van der Waals surface area contributed by atoms with E-state index in [1.54, 1.807) is 0 Å². The van der Waals surface area contributed by atoms with Crippen molar-refractivity contribution < 1.29 is 0 Å². The maximum Gasteiger partial charge on any atom is 0.00959 e. The van der Waals surface area contributed by atoms with Gasteiger partial charge in [0.15, 0.2) is 0 Å². The van der Waals surface area contributed by atoms with Crippen LogP contribution in [0.5, 0.6) is 0 Å². The summed E-state index contributed by atoms with van der Waals surface area (Å²) in [6.45, 7) is 8.00. The number of hydrogen-bond acceptors (Lipinski definition) is 3. The highest BCUT2D eigenvalue weighted by atomic mass is 15.2. The summed E-state index contributed by atoms with van der Waals surface area (Å²) >= 11 is 0. The molecule has 4 aliphatic rings. The molecule has 1 atom stereocenters. The molecule has 0 unspecified atom stereocenters. The van der Waals surface area contributed by atoms with Crippen LogP contribution in [0.15, 0.2) is 0 Å². The van der Waals surface area contributed by atoms with E-state index in [1.165, 1.54) is 97.1 Å². The van der Waals surface area contributed by atoms with Crippen LogP contribution in [0.4, 0.5) is 0 Å².